The quantitative estimate of drug-likeness (QED) is 0.681. The van der Waals surface area contributed by atoms with Crippen molar-refractivity contribution in [2.75, 3.05) is 21.0 Å². The van der Waals surface area contributed by atoms with Crippen LogP contribution in [-0.2, 0) is 4.79 Å². The van der Waals surface area contributed by atoms with Crippen molar-refractivity contribution in [3.63, 3.8) is 0 Å². The molecule has 3 aromatic rings. The third-order valence-corrected chi connectivity index (χ3v) is 5.23. The number of aromatic nitrogens is 1. The van der Waals surface area contributed by atoms with E-state index in [-0.39, 0.29) is 24.5 Å². The van der Waals surface area contributed by atoms with Gasteiger partial charge < -0.3 is 28.7 Å². The normalized spacial score (nSPS) is 17.0. The third-order valence-electron chi connectivity index (χ3n) is 5.23. The van der Waals surface area contributed by atoms with E-state index in [0.717, 1.165) is 0 Å². The Labute approximate surface area is 164 Å². The molecule has 2 aromatic carbocycles. The molecule has 0 saturated carbocycles. The summed E-state index contributed by atoms with van der Waals surface area (Å²) in [6, 6.07) is 8.92. The molecule has 1 atom stereocenters. The SMILES string of the molecule is COc1c(C2CC(=O)Oc3c2c(=O)[nH]c2ccccc32)cc2c(c1OC)OCO2. The predicted molar refractivity (Wildman–Crippen MR) is 102 cm³/mol. The molecule has 1 unspecified atom stereocenters. The lowest BCUT2D eigenvalue weighted by atomic mass is 9.85. The van der Waals surface area contributed by atoms with Crippen molar-refractivity contribution >= 4 is 16.9 Å². The molecule has 148 valence electrons. The summed E-state index contributed by atoms with van der Waals surface area (Å²) in [4.78, 5) is 28.3. The van der Waals surface area contributed by atoms with Crippen molar-refractivity contribution in [1.82, 2.24) is 4.98 Å². The predicted octanol–water partition coefficient (Wildman–Crippen LogP) is 2.72. The van der Waals surface area contributed by atoms with E-state index in [1.54, 1.807) is 24.3 Å². The number of aromatic amines is 1. The van der Waals surface area contributed by atoms with Gasteiger partial charge in [-0.15, -0.1) is 0 Å². The smallest absolute Gasteiger partial charge is 0.312 e. The molecular formula is C21H17NO7. The number of fused-ring (bicyclic) bond motifs is 4. The van der Waals surface area contributed by atoms with Gasteiger partial charge in [-0.2, -0.15) is 0 Å². The van der Waals surface area contributed by atoms with Crippen LogP contribution in [0.1, 0.15) is 23.5 Å². The van der Waals surface area contributed by atoms with Gasteiger partial charge in [0.2, 0.25) is 18.3 Å². The fourth-order valence-electron chi connectivity index (χ4n) is 4.01. The number of nitrogens with one attached hydrogen (secondary N) is 1. The van der Waals surface area contributed by atoms with Crippen LogP contribution in [-0.4, -0.2) is 32.0 Å². The number of para-hydroxylation sites is 1. The Hall–Kier alpha value is -3.68. The van der Waals surface area contributed by atoms with E-state index in [1.165, 1.54) is 14.2 Å². The molecule has 0 amide bonds. The standard InChI is InChI=1S/C21H17NO7/c1-25-18-12(7-14-19(20(18)26-2)28-9-27-14)11-8-15(23)29-17-10-5-3-4-6-13(10)22-21(24)16(11)17/h3-7,11H,8-9H2,1-2H3,(H,22,24). The minimum atomic E-state index is -0.599. The largest absolute Gasteiger partial charge is 0.492 e. The van der Waals surface area contributed by atoms with Gasteiger partial charge in [-0.3, -0.25) is 9.59 Å². The van der Waals surface area contributed by atoms with Crippen LogP contribution in [0.5, 0.6) is 28.7 Å². The minimum absolute atomic E-state index is 0.0203. The van der Waals surface area contributed by atoms with E-state index in [1.807, 2.05) is 6.07 Å². The maximum absolute atomic E-state index is 13.0. The van der Waals surface area contributed by atoms with Crippen LogP contribution in [0.3, 0.4) is 0 Å². The summed E-state index contributed by atoms with van der Waals surface area (Å²) in [5.74, 6) is 0.874. The number of esters is 1. The fraction of sp³-hybridized carbons (Fsp3) is 0.238. The Balaban J connectivity index is 1.81. The number of hydrogen-bond acceptors (Lipinski definition) is 7. The third kappa shape index (κ3) is 2.52. The number of benzene rings is 2. The lowest BCUT2D eigenvalue weighted by molar-refractivity contribution is -0.135. The Morgan fingerprint density at radius 1 is 1.03 bits per heavy atom. The van der Waals surface area contributed by atoms with Gasteiger partial charge in [-0.1, -0.05) is 12.1 Å². The number of hydrogen-bond donors (Lipinski definition) is 1. The first kappa shape index (κ1) is 17.4. The van der Waals surface area contributed by atoms with E-state index < -0.39 is 11.9 Å². The maximum Gasteiger partial charge on any atom is 0.312 e. The van der Waals surface area contributed by atoms with Crippen LogP contribution in [0.2, 0.25) is 0 Å². The van der Waals surface area contributed by atoms with Gasteiger partial charge in [-0.25, -0.2) is 0 Å². The molecule has 0 saturated heterocycles. The number of H-pyrrole nitrogens is 1. The first-order valence-electron chi connectivity index (χ1n) is 9.02. The van der Waals surface area contributed by atoms with Gasteiger partial charge >= 0.3 is 5.97 Å². The van der Waals surface area contributed by atoms with Crippen molar-refractivity contribution in [2.45, 2.75) is 12.3 Å². The molecular weight excluding hydrogens is 378 g/mol. The van der Waals surface area contributed by atoms with Crippen LogP contribution < -0.4 is 29.2 Å². The van der Waals surface area contributed by atoms with Crippen molar-refractivity contribution < 1.29 is 28.5 Å². The van der Waals surface area contributed by atoms with Crippen molar-refractivity contribution in [3.05, 3.63) is 51.8 Å². The van der Waals surface area contributed by atoms with Gasteiger partial charge in [0.15, 0.2) is 11.5 Å². The second kappa shape index (κ2) is 6.44. The molecule has 1 aromatic heterocycles. The molecule has 0 bridgehead atoms. The first-order valence-corrected chi connectivity index (χ1v) is 9.02. The van der Waals surface area contributed by atoms with E-state index in [4.69, 9.17) is 23.7 Å². The molecule has 8 nitrogen and oxygen atoms in total. The van der Waals surface area contributed by atoms with Crippen molar-refractivity contribution in [2.24, 2.45) is 0 Å². The number of rotatable bonds is 3. The monoisotopic (exact) mass is 395 g/mol. The average molecular weight is 395 g/mol. The highest BCUT2D eigenvalue weighted by molar-refractivity contribution is 5.91. The van der Waals surface area contributed by atoms with Crippen LogP contribution in [0.4, 0.5) is 0 Å². The number of methoxy groups -OCH3 is 2. The topological polar surface area (TPSA) is 96.1 Å². The summed E-state index contributed by atoms with van der Waals surface area (Å²) in [7, 11) is 2.99. The molecule has 2 aliphatic heterocycles. The summed E-state index contributed by atoms with van der Waals surface area (Å²) < 4.78 is 27.6. The molecule has 5 rings (SSSR count). The average Bonchev–Trinajstić information content (AvgIpc) is 3.20. The van der Waals surface area contributed by atoms with Crippen LogP contribution >= 0.6 is 0 Å². The van der Waals surface area contributed by atoms with Gasteiger partial charge in [0, 0.05) is 16.9 Å². The highest BCUT2D eigenvalue weighted by Crippen LogP contribution is 2.53. The highest BCUT2D eigenvalue weighted by Gasteiger charge is 2.37. The molecule has 1 N–H and O–H groups in total. The molecule has 2 aliphatic rings. The Bertz CT molecular complexity index is 1210. The van der Waals surface area contributed by atoms with Crippen LogP contribution in [0.15, 0.2) is 35.1 Å². The summed E-state index contributed by atoms with van der Waals surface area (Å²) in [5, 5.41) is 0.659. The van der Waals surface area contributed by atoms with Gasteiger partial charge in [0.05, 0.1) is 31.7 Å². The Kier molecular flexibility index (Phi) is 3.87. The molecule has 3 heterocycles. The molecule has 29 heavy (non-hydrogen) atoms. The maximum atomic E-state index is 13.0. The van der Waals surface area contributed by atoms with Crippen molar-refractivity contribution in [3.8, 4) is 28.7 Å². The van der Waals surface area contributed by atoms with E-state index >= 15 is 0 Å². The minimum Gasteiger partial charge on any atom is -0.492 e. The van der Waals surface area contributed by atoms with Gasteiger partial charge in [-0.05, 0) is 18.2 Å². The van der Waals surface area contributed by atoms with Crippen molar-refractivity contribution in [1.29, 1.82) is 0 Å². The molecule has 0 spiro atoms. The van der Waals surface area contributed by atoms with Gasteiger partial charge in [0.1, 0.15) is 5.75 Å². The van der Waals surface area contributed by atoms with Crippen LogP contribution in [0.25, 0.3) is 10.9 Å². The van der Waals surface area contributed by atoms with E-state index in [9.17, 15) is 9.59 Å². The Morgan fingerprint density at radius 3 is 2.62 bits per heavy atom. The summed E-state index contributed by atoms with van der Waals surface area (Å²) in [6.45, 7) is 0.0484. The number of pyridine rings is 1. The van der Waals surface area contributed by atoms with E-state index in [0.29, 0.717) is 45.0 Å². The fourth-order valence-corrected chi connectivity index (χ4v) is 4.01. The zero-order valence-corrected chi connectivity index (χ0v) is 15.7. The number of carbonyl (C=O) groups is 1. The van der Waals surface area contributed by atoms with Gasteiger partial charge in [0.25, 0.3) is 5.56 Å². The number of ether oxygens (including phenoxy) is 5. The summed E-state index contributed by atoms with van der Waals surface area (Å²) in [5.41, 5.74) is 1.23. The number of carbonyl (C=O) groups excluding carboxylic acids is 1. The lowest BCUT2D eigenvalue weighted by Crippen LogP contribution is -2.28. The summed E-state index contributed by atoms with van der Waals surface area (Å²) in [6.07, 6.45) is -0.0203. The summed E-state index contributed by atoms with van der Waals surface area (Å²) >= 11 is 0. The molecule has 0 fully saturated rings. The first-order chi connectivity index (χ1) is 14.1. The Morgan fingerprint density at radius 2 is 1.83 bits per heavy atom. The zero-order chi connectivity index (χ0) is 20.1. The molecule has 0 aliphatic carbocycles. The highest BCUT2D eigenvalue weighted by atomic mass is 16.7. The lowest BCUT2D eigenvalue weighted by Gasteiger charge is -2.27. The van der Waals surface area contributed by atoms with Crippen LogP contribution in [0, 0.1) is 0 Å². The zero-order valence-electron chi connectivity index (χ0n) is 15.7. The molecule has 0 radical (unpaired) electrons. The van der Waals surface area contributed by atoms with E-state index in [2.05, 4.69) is 4.98 Å². The molecule has 8 heteroatoms. The second-order valence-corrected chi connectivity index (χ2v) is 6.74. The second-order valence-electron chi connectivity index (χ2n) is 6.74.